The molecular formula is C43H40O4. The molecule has 0 bridgehead atoms. The molecular weight excluding hydrogens is 580 g/mol. The van der Waals surface area contributed by atoms with Crippen molar-refractivity contribution < 1.29 is 20.1 Å². The van der Waals surface area contributed by atoms with Crippen molar-refractivity contribution >= 4 is 0 Å². The molecule has 0 aliphatic carbocycles. The fourth-order valence-electron chi connectivity index (χ4n) is 7.03. The van der Waals surface area contributed by atoms with Crippen LogP contribution in [0, 0.1) is 5.41 Å². The van der Waals surface area contributed by atoms with Crippen molar-refractivity contribution in [3.63, 3.8) is 0 Å². The van der Waals surface area contributed by atoms with Gasteiger partial charge in [-0.1, -0.05) is 182 Å². The number of benzene rings is 6. The topological polar surface area (TPSA) is 69.9 Å². The fourth-order valence-corrected chi connectivity index (χ4v) is 7.03. The van der Waals surface area contributed by atoms with E-state index in [9.17, 15) is 15.3 Å². The van der Waals surface area contributed by atoms with Gasteiger partial charge in [-0.25, -0.2) is 0 Å². The minimum atomic E-state index is -1.52. The summed E-state index contributed by atoms with van der Waals surface area (Å²) in [4.78, 5) is 0. The predicted octanol–water partition coefficient (Wildman–Crippen LogP) is 7.36. The molecule has 0 heterocycles. The Bertz CT molecular complexity index is 1590. The van der Waals surface area contributed by atoms with E-state index in [1.165, 1.54) is 0 Å². The lowest BCUT2D eigenvalue weighted by atomic mass is 9.58. The summed E-state index contributed by atoms with van der Waals surface area (Å²) in [6.07, 6.45) is -1.04. The van der Waals surface area contributed by atoms with Crippen molar-refractivity contribution in [2.24, 2.45) is 5.41 Å². The highest BCUT2D eigenvalue weighted by Gasteiger charge is 2.58. The Balaban J connectivity index is 1.80. The highest BCUT2D eigenvalue weighted by atomic mass is 16.5. The SMILES string of the molecule is OCC(CO)(CO)C(OC(c1ccccc1)(c1ccccc1)c1ccccc1)C(c1ccccc1)(c1ccccc1)c1ccccc1. The molecule has 4 heteroatoms. The van der Waals surface area contributed by atoms with E-state index in [2.05, 4.69) is 36.4 Å². The minimum Gasteiger partial charge on any atom is -0.396 e. The maximum absolute atomic E-state index is 11.4. The molecule has 0 amide bonds. The van der Waals surface area contributed by atoms with Gasteiger partial charge in [0.05, 0.1) is 36.8 Å². The molecule has 0 spiro atoms. The van der Waals surface area contributed by atoms with Crippen LogP contribution in [0.5, 0.6) is 0 Å². The molecule has 0 saturated heterocycles. The molecule has 0 aliphatic heterocycles. The Morgan fingerprint density at radius 1 is 0.362 bits per heavy atom. The van der Waals surface area contributed by atoms with Gasteiger partial charge in [-0.15, -0.1) is 0 Å². The summed E-state index contributed by atoms with van der Waals surface area (Å²) in [5.41, 5.74) is 1.41. The van der Waals surface area contributed by atoms with Gasteiger partial charge in [-0.2, -0.15) is 0 Å². The predicted molar refractivity (Wildman–Crippen MR) is 187 cm³/mol. The summed E-state index contributed by atoms with van der Waals surface area (Å²) < 4.78 is 7.88. The molecule has 4 nitrogen and oxygen atoms in total. The van der Waals surface area contributed by atoms with Gasteiger partial charge in [0.25, 0.3) is 0 Å². The Kier molecular flexibility index (Phi) is 9.76. The van der Waals surface area contributed by atoms with E-state index in [0.717, 1.165) is 33.4 Å². The van der Waals surface area contributed by atoms with Crippen molar-refractivity contribution in [3.05, 3.63) is 215 Å². The lowest BCUT2D eigenvalue weighted by molar-refractivity contribution is -0.172. The molecule has 1 unspecified atom stereocenters. The van der Waals surface area contributed by atoms with E-state index in [1.807, 2.05) is 146 Å². The maximum Gasteiger partial charge on any atom is 0.144 e. The molecule has 47 heavy (non-hydrogen) atoms. The minimum absolute atomic E-state index is 0.534. The van der Waals surface area contributed by atoms with Gasteiger partial charge in [0, 0.05) is 0 Å². The Labute approximate surface area is 277 Å². The largest absolute Gasteiger partial charge is 0.396 e. The van der Waals surface area contributed by atoms with Gasteiger partial charge in [0.1, 0.15) is 5.60 Å². The lowest BCUT2D eigenvalue weighted by Crippen LogP contribution is -2.60. The Hall–Kier alpha value is -4.84. The molecule has 0 fully saturated rings. The van der Waals surface area contributed by atoms with Crippen molar-refractivity contribution in [1.29, 1.82) is 0 Å². The monoisotopic (exact) mass is 620 g/mol. The first kappa shape index (κ1) is 32.1. The number of rotatable bonds is 13. The Morgan fingerprint density at radius 3 is 0.830 bits per heavy atom. The number of ether oxygens (including phenoxy) is 1. The lowest BCUT2D eigenvalue weighted by Gasteiger charge is -2.53. The van der Waals surface area contributed by atoms with Crippen LogP contribution >= 0.6 is 0 Å². The zero-order chi connectivity index (χ0) is 32.6. The summed E-state index contributed by atoms with van der Waals surface area (Å²) in [6.45, 7) is -1.60. The number of hydrogen-bond acceptors (Lipinski definition) is 4. The van der Waals surface area contributed by atoms with E-state index in [0.29, 0.717) is 0 Å². The summed E-state index contributed by atoms with van der Waals surface area (Å²) in [6, 6.07) is 60.4. The first-order valence-corrected chi connectivity index (χ1v) is 16.0. The molecule has 0 aliphatic rings. The number of aliphatic hydroxyl groups excluding tert-OH is 3. The quantitative estimate of drug-likeness (QED) is 0.118. The zero-order valence-electron chi connectivity index (χ0n) is 26.3. The van der Waals surface area contributed by atoms with Crippen LogP contribution in [0.3, 0.4) is 0 Å². The maximum atomic E-state index is 11.4. The molecule has 6 aromatic carbocycles. The highest BCUT2D eigenvalue weighted by molar-refractivity contribution is 5.54. The second kappa shape index (κ2) is 14.3. The summed E-state index contributed by atoms with van der Waals surface area (Å²) >= 11 is 0. The number of hydrogen-bond donors (Lipinski definition) is 3. The van der Waals surface area contributed by atoms with Crippen LogP contribution in [0.25, 0.3) is 0 Å². The van der Waals surface area contributed by atoms with E-state index in [-0.39, 0.29) is 0 Å². The first-order valence-electron chi connectivity index (χ1n) is 16.0. The van der Waals surface area contributed by atoms with E-state index < -0.39 is 42.4 Å². The van der Waals surface area contributed by atoms with Crippen molar-refractivity contribution in [1.82, 2.24) is 0 Å². The second-order valence-electron chi connectivity index (χ2n) is 12.0. The zero-order valence-corrected chi connectivity index (χ0v) is 26.3. The van der Waals surface area contributed by atoms with Crippen molar-refractivity contribution in [3.8, 4) is 0 Å². The third-order valence-electron chi connectivity index (χ3n) is 9.42. The van der Waals surface area contributed by atoms with Crippen LogP contribution in [0.1, 0.15) is 33.4 Å². The van der Waals surface area contributed by atoms with Crippen LogP contribution in [0.15, 0.2) is 182 Å². The molecule has 6 rings (SSSR count). The molecule has 0 radical (unpaired) electrons. The fraction of sp³-hybridized carbons (Fsp3) is 0.163. The van der Waals surface area contributed by atoms with Gasteiger partial charge in [0.15, 0.2) is 0 Å². The second-order valence-corrected chi connectivity index (χ2v) is 12.0. The number of aliphatic hydroxyl groups is 3. The summed E-state index contributed by atoms with van der Waals surface area (Å²) in [7, 11) is 0. The third kappa shape index (κ3) is 5.71. The van der Waals surface area contributed by atoms with Crippen LogP contribution in [-0.4, -0.2) is 41.2 Å². The van der Waals surface area contributed by atoms with Gasteiger partial charge in [-0.05, 0) is 33.4 Å². The molecule has 0 saturated carbocycles. The average molecular weight is 621 g/mol. The van der Waals surface area contributed by atoms with Crippen LogP contribution in [-0.2, 0) is 15.8 Å². The van der Waals surface area contributed by atoms with Crippen molar-refractivity contribution in [2.45, 2.75) is 17.1 Å². The molecule has 1 atom stereocenters. The van der Waals surface area contributed by atoms with Crippen LogP contribution in [0.2, 0.25) is 0 Å². The standard InChI is InChI=1S/C43H40O4/c44-31-41(32-45,33-46)40(42(34-19-7-1-8-20-34,35-21-9-2-10-22-35)36-23-11-3-12-24-36)47-43(37-25-13-4-14-26-37,38-27-15-5-16-28-38)39-29-17-6-18-30-39/h1-30,40,44-46H,31-33H2. The third-order valence-corrected chi connectivity index (χ3v) is 9.42. The van der Waals surface area contributed by atoms with Gasteiger partial charge < -0.3 is 20.1 Å². The van der Waals surface area contributed by atoms with E-state index in [4.69, 9.17) is 4.74 Å². The van der Waals surface area contributed by atoms with Crippen LogP contribution in [0.4, 0.5) is 0 Å². The summed E-state index contributed by atoms with van der Waals surface area (Å²) in [5.74, 6) is 0. The average Bonchev–Trinajstić information content (AvgIpc) is 3.17. The van der Waals surface area contributed by atoms with Crippen LogP contribution < -0.4 is 0 Å². The van der Waals surface area contributed by atoms with Gasteiger partial charge >= 0.3 is 0 Å². The van der Waals surface area contributed by atoms with Gasteiger partial charge in [-0.3, -0.25) is 0 Å². The molecule has 0 aromatic heterocycles. The summed E-state index contributed by atoms with van der Waals surface area (Å²) in [5, 5.41) is 34.1. The normalized spacial score (nSPS) is 12.8. The van der Waals surface area contributed by atoms with Crippen molar-refractivity contribution in [2.75, 3.05) is 19.8 Å². The smallest absolute Gasteiger partial charge is 0.144 e. The van der Waals surface area contributed by atoms with Gasteiger partial charge in [0.2, 0.25) is 0 Å². The molecule has 236 valence electrons. The van der Waals surface area contributed by atoms with E-state index >= 15 is 0 Å². The molecule has 6 aromatic rings. The highest BCUT2D eigenvalue weighted by Crippen LogP contribution is 2.53. The molecule has 3 N–H and O–H groups in total. The van der Waals surface area contributed by atoms with E-state index in [1.54, 1.807) is 0 Å². The Morgan fingerprint density at radius 2 is 0.596 bits per heavy atom. The first-order chi connectivity index (χ1) is 23.2.